The number of aromatic nitrogens is 6. The Hall–Kier alpha value is -2.87. The normalized spacial score (nSPS) is 18.3. The first kappa shape index (κ1) is 27.7. The Balaban J connectivity index is 1.55. The number of fused-ring (bicyclic) bond motifs is 2. The van der Waals surface area contributed by atoms with Crippen LogP contribution in [-0.2, 0) is 13.0 Å². The summed E-state index contributed by atoms with van der Waals surface area (Å²) in [5.41, 5.74) is 3.49. The highest BCUT2D eigenvalue weighted by Crippen LogP contribution is 2.35. The van der Waals surface area contributed by atoms with Crippen LogP contribution in [0.4, 0.5) is 19.1 Å². The first-order chi connectivity index (χ1) is 18.6. The molecule has 1 saturated heterocycles. The fourth-order valence-corrected chi connectivity index (χ4v) is 5.24. The van der Waals surface area contributed by atoms with Gasteiger partial charge in [0, 0.05) is 28.2 Å². The number of benzene rings is 1. The number of nitrogens with zero attached hydrogens (tertiary/aromatic N) is 7. The molecule has 2 unspecified atom stereocenters. The summed E-state index contributed by atoms with van der Waals surface area (Å²) in [4.78, 5) is 6.57. The SMILES string of the molecule is [B]C(S)(S)Cc1nc(NC2CCN(C(=C)CC)CC2F)nn2cc(F)c(-c3ccc4nnn(CCF)c4c3)c12. The number of allylic oxidation sites excluding steroid dienone is 1. The molecule has 4 aromatic rings. The molecule has 5 rings (SSSR count). The Morgan fingerprint density at radius 1 is 1.33 bits per heavy atom. The third-order valence-corrected chi connectivity index (χ3v) is 7.21. The fourth-order valence-electron chi connectivity index (χ4n) is 4.94. The maximum absolute atomic E-state index is 15.5. The number of piperidine rings is 1. The lowest BCUT2D eigenvalue weighted by molar-refractivity contribution is 0.152. The van der Waals surface area contributed by atoms with Gasteiger partial charge < -0.3 is 10.2 Å². The topological polar surface area (TPSA) is 76.2 Å². The highest BCUT2D eigenvalue weighted by Gasteiger charge is 2.31. The van der Waals surface area contributed by atoms with Crippen LogP contribution in [0.2, 0.25) is 0 Å². The molecule has 3 aromatic heterocycles. The summed E-state index contributed by atoms with van der Waals surface area (Å²) in [5.74, 6) is -0.414. The highest BCUT2D eigenvalue weighted by molar-refractivity contribution is 8.02. The average molecular weight is 572 g/mol. The lowest BCUT2D eigenvalue weighted by Crippen LogP contribution is -2.47. The third-order valence-electron chi connectivity index (χ3n) is 6.89. The first-order valence-electron chi connectivity index (χ1n) is 12.6. The first-order valence-corrected chi connectivity index (χ1v) is 13.5. The van der Waals surface area contributed by atoms with Crippen molar-refractivity contribution in [3.63, 3.8) is 0 Å². The van der Waals surface area contributed by atoms with E-state index in [-0.39, 0.29) is 31.0 Å². The van der Waals surface area contributed by atoms with E-state index < -0.39 is 28.7 Å². The van der Waals surface area contributed by atoms with Crippen LogP contribution in [-0.4, -0.2) is 78.3 Å². The van der Waals surface area contributed by atoms with Gasteiger partial charge in [-0.05, 0) is 30.5 Å². The van der Waals surface area contributed by atoms with E-state index in [2.05, 4.69) is 57.5 Å². The number of thiol groups is 2. The van der Waals surface area contributed by atoms with E-state index in [0.717, 1.165) is 12.1 Å². The summed E-state index contributed by atoms with van der Waals surface area (Å²) in [5, 5.41) is 15.6. The number of halogens is 3. The summed E-state index contributed by atoms with van der Waals surface area (Å²) in [6.45, 7) is 6.28. The number of aryl methyl sites for hydroxylation is 1. The van der Waals surface area contributed by atoms with Gasteiger partial charge in [0.2, 0.25) is 5.95 Å². The zero-order chi connectivity index (χ0) is 27.9. The molecule has 0 aliphatic carbocycles. The average Bonchev–Trinajstić information content (AvgIpc) is 3.43. The van der Waals surface area contributed by atoms with Gasteiger partial charge in [0.15, 0.2) is 5.82 Å². The van der Waals surface area contributed by atoms with Gasteiger partial charge in [-0.25, -0.2) is 27.4 Å². The second-order valence-electron chi connectivity index (χ2n) is 9.71. The van der Waals surface area contributed by atoms with Gasteiger partial charge in [-0.1, -0.05) is 24.8 Å². The van der Waals surface area contributed by atoms with E-state index in [9.17, 15) is 4.39 Å². The van der Waals surface area contributed by atoms with Crippen molar-refractivity contribution in [1.82, 2.24) is 34.5 Å². The monoisotopic (exact) mass is 572 g/mol. The second-order valence-corrected chi connectivity index (χ2v) is 11.7. The molecular weight excluding hydrogens is 544 g/mol. The van der Waals surface area contributed by atoms with Gasteiger partial charge >= 0.3 is 0 Å². The maximum Gasteiger partial charge on any atom is 0.241 e. The minimum Gasteiger partial charge on any atom is -0.372 e. The van der Waals surface area contributed by atoms with E-state index in [0.29, 0.717) is 40.8 Å². The number of nitrogens with one attached hydrogen (secondary N) is 1. The molecule has 1 N–H and O–H groups in total. The summed E-state index contributed by atoms with van der Waals surface area (Å²) in [7, 11) is 6.10. The summed E-state index contributed by atoms with van der Waals surface area (Å²) < 4.78 is 45.2. The van der Waals surface area contributed by atoms with Gasteiger partial charge in [0.05, 0.1) is 42.1 Å². The minimum atomic E-state index is -1.27. The van der Waals surface area contributed by atoms with Crippen molar-refractivity contribution >= 4 is 55.6 Å². The van der Waals surface area contributed by atoms with Crippen molar-refractivity contribution < 1.29 is 13.2 Å². The van der Waals surface area contributed by atoms with Crippen LogP contribution in [0.15, 0.2) is 36.7 Å². The molecule has 1 fully saturated rings. The Morgan fingerprint density at radius 2 is 2.13 bits per heavy atom. The van der Waals surface area contributed by atoms with Crippen LogP contribution in [0.3, 0.4) is 0 Å². The van der Waals surface area contributed by atoms with Gasteiger partial charge in [-0.2, -0.15) is 25.3 Å². The molecule has 0 bridgehead atoms. The van der Waals surface area contributed by atoms with Crippen LogP contribution in [0.1, 0.15) is 25.5 Å². The van der Waals surface area contributed by atoms with E-state index >= 15 is 8.78 Å². The molecule has 0 spiro atoms. The number of hydrogen-bond acceptors (Lipinski definition) is 8. The summed E-state index contributed by atoms with van der Waals surface area (Å²) in [6, 6.07) is 4.56. The molecule has 39 heavy (non-hydrogen) atoms. The molecule has 0 amide bonds. The lowest BCUT2D eigenvalue weighted by atomic mass is 9.96. The van der Waals surface area contributed by atoms with Crippen molar-refractivity contribution in [2.75, 3.05) is 25.1 Å². The number of anilines is 1. The minimum absolute atomic E-state index is 0.0262. The zero-order valence-electron chi connectivity index (χ0n) is 21.4. The predicted molar refractivity (Wildman–Crippen MR) is 154 cm³/mol. The van der Waals surface area contributed by atoms with Crippen LogP contribution in [0.5, 0.6) is 0 Å². The second kappa shape index (κ2) is 11.0. The van der Waals surface area contributed by atoms with E-state index in [1.54, 1.807) is 18.2 Å². The molecule has 2 atom stereocenters. The molecular formula is C25H28BF3N8S2. The molecule has 2 radical (unpaired) electrons. The van der Waals surface area contributed by atoms with Crippen molar-refractivity contribution in [3.8, 4) is 11.1 Å². The quantitative estimate of drug-likeness (QED) is 0.159. The Labute approximate surface area is 236 Å². The molecule has 1 aliphatic rings. The van der Waals surface area contributed by atoms with Crippen molar-refractivity contribution in [1.29, 1.82) is 0 Å². The van der Waals surface area contributed by atoms with E-state index in [1.165, 1.54) is 15.4 Å². The number of alkyl halides is 2. The van der Waals surface area contributed by atoms with Crippen molar-refractivity contribution in [2.24, 2.45) is 0 Å². The predicted octanol–water partition coefficient (Wildman–Crippen LogP) is 4.22. The summed E-state index contributed by atoms with van der Waals surface area (Å²) >= 11 is 8.69. The third kappa shape index (κ3) is 5.72. The number of rotatable bonds is 9. The van der Waals surface area contributed by atoms with E-state index in [4.69, 9.17) is 7.85 Å². The molecule has 1 aliphatic heterocycles. The van der Waals surface area contributed by atoms with Crippen LogP contribution in [0.25, 0.3) is 27.7 Å². The molecule has 4 heterocycles. The maximum atomic E-state index is 15.5. The highest BCUT2D eigenvalue weighted by atomic mass is 32.2. The fraction of sp³-hybridized carbons (Fsp3) is 0.440. The Kier molecular flexibility index (Phi) is 7.78. The lowest BCUT2D eigenvalue weighted by Gasteiger charge is -2.37. The van der Waals surface area contributed by atoms with Gasteiger partial charge in [-0.3, -0.25) is 0 Å². The largest absolute Gasteiger partial charge is 0.372 e. The molecule has 0 saturated carbocycles. The van der Waals surface area contributed by atoms with Gasteiger partial charge in [0.25, 0.3) is 0 Å². The Morgan fingerprint density at radius 3 is 2.82 bits per heavy atom. The van der Waals surface area contributed by atoms with Crippen LogP contribution < -0.4 is 5.32 Å². The van der Waals surface area contributed by atoms with Crippen molar-refractivity contribution in [2.45, 2.75) is 48.9 Å². The van der Waals surface area contributed by atoms with Gasteiger partial charge in [0.1, 0.15) is 26.2 Å². The van der Waals surface area contributed by atoms with E-state index in [1.807, 2.05) is 11.8 Å². The molecule has 1 aromatic carbocycles. The number of likely N-dealkylation sites (tertiary alicyclic amines) is 1. The molecule has 14 heteroatoms. The smallest absolute Gasteiger partial charge is 0.241 e. The summed E-state index contributed by atoms with van der Waals surface area (Å²) in [6.07, 6.45) is 1.37. The van der Waals surface area contributed by atoms with Crippen LogP contribution >= 0.6 is 25.3 Å². The Bertz CT molecular complexity index is 1520. The zero-order valence-corrected chi connectivity index (χ0v) is 23.1. The standard InChI is InChI=1S/C25H28BF3N8S2/c1-3-14(2)35-8-6-18(16(28)12-35)30-24-31-20(11-25(26,38)39)23-22(17(29)13-37(23)33-24)15-4-5-19-21(10-15)36(9-7-27)34-32-19/h4-5,10,13,16,18,38-39H,2-3,6-9,11-12H2,1H3,(H,30,33). The van der Waals surface area contributed by atoms with Gasteiger partial charge in [-0.15, -0.1) is 10.2 Å². The van der Waals surface area contributed by atoms with Crippen molar-refractivity contribution in [3.05, 3.63) is 48.2 Å². The van der Waals surface area contributed by atoms with Crippen LogP contribution in [0, 0.1) is 5.82 Å². The molecule has 8 nitrogen and oxygen atoms in total. The molecule has 204 valence electrons. The number of hydrogen-bond donors (Lipinski definition) is 3.